The molecule has 76 valence electrons. The number of hydrogen-bond acceptors (Lipinski definition) is 5. The summed E-state index contributed by atoms with van der Waals surface area (Å²) >= 11 is 0. The summed E-state index contributed by atoms with van der Waals surface area (Å²) in [6.07, 6.45) is -0.465. The molecular weight excluding hydrogens is 176 g/mol. The first-order valence-electron chi connectivity index (χ1n) is 4.01. The molecule has 0 unspecified atom stereocenters. The third-order valence-electron chi connectivity index (χ3n) is 2.06. The minimum atomic E-state index is -0.558. The summed E-state index contributed by atoms with van der Waals surface area (Å²) in [6.45, 7) is 0. The summed E-state index contributed by atoms with van der Waals surface area (Å²) in [7, 11) is 4.35. The van der Waals surface area contributed by atoms with E-state index in [2.05, 4.69) is 4.74 Å². The van der Waals surface area contributed by atoms with Crippen LogP contribution in [0.3, 0.4) is 0 Å². The molecule has 0 aromatic rings. The van der Waals surface area contributed by atoms with Crippen molar-refractivity contribution in [3.63, 3.8) is 0 Å². The number of hydrogen-bond donors (Lipinski definition) is 0. The van der Waals surface area contributed by atoms with Crippen molar-refractivity contribution < 1.29 is 23.7 Å². The highest BCUT2D eigenvalue weighted by atomic mass is 16.8. The van der Waals surface area contributed by atoms with E-state index in [-0.39, 0.29) is 18.2 Å². The van der Waals surface area contributed by atoms with Crippen molar-refractivity contribution in [1.82, 2.24) is 0 Å². The Morgan fingerprint density at radius 1 is 1.31 bits per heavy atom. The third-order valence-corrected chi connectivity index (χ3v) is 2.06. The predicted molar refractivity (Wildman–Crippen MR) is 42.8 cm³/mol. The van der Waals surface area contributed by atoms with Crippen LogP contribution in [0.2, 0.25) is 0 Å². The lowest BCUT2D eigenvalue weighted by Crippen LogP contribution is -2.26. The molecule has 3 atom stereocenters. The smallest absolute Gasteiger partial charge is 0.314 e. The maximum Gasteiger partial charge on any atom is 0.314 e. The molecule has 0 aliphatic carbocycles. The van der Waals surface area contributed by atoms with E-state index in [0.29, 0.717) is 6.42 Å². The normalized spacial score (nSPS) is 33.3. The number of carbonyl (C=O) groups is 1. The standard InChI is InChI=1S/C8H14O5/c1-10-6-4-5(7(9)11-2)8(12-3)13-6/h5-6,8H,4H2,1-3H3/t5-,6-,8+/m1/s1. The quantitative estimate of drug-likeness (QED) is 0.592. The fourth-order valence-corrected chi connectivity index (χ4v) is 1.35. The zero-order valence-corrected chi connectivity index (χ0v) is 7.98. The second kappa shape index (κ2) is 4.55. The van der Waals surface area contributed by atoms with Crippen LogP contribution in [-0.2, 0) is 23.7 Å². The maximum absolute atomic E-state index is 11.2. The molecular formula is C8H14O5. The Morgan fingerprint density at radius 3 is 2.46 bits per heavy atom. The van der Waals surface area contributed by atoms with Gasteiger partial charge in [0.25, 0.3) is 0 Å². The van der Waals surface area contributed by atoms with Gasteiger partial charge in [0.15, 0.2) is 12.6 Å². The van der Waals surface area contributed by atoms with Gasteiger partial charge in [0.2, 0.25) is 0 Å². The number of methoxy groups -OCH3 is 3. The minimum absolute atomic E-state index is 0.327. The molecule has 0 bridgehead atoms. The van der Waals surface area contributed by atoms with E-state index in [9.17, 15) is 4.79 Å². The molecule has 5 nitrogen and oxygen atoms in total. The van der Waals surface area contributed by atoms with Crippen LogP contribution in [-0.4, -0.2) is 39.9 Å². The van der Waals surface area contributed by atoms with Crippen molar-refractivity contribution in [2.45, 2.75) is 19.0 Å². The Kier molecular flexibility index (Phi) is 3.65. The van der Waals surface area contributed by atoms with Crippen molar-refractivity contribution >= 4 is 5.97 Å². The van der Waals surface area contributed by atoms with Crippen LogP contribution in [0.5, 0.6) is 0 Å². The largest absolute Gasteiger partial charge is 0.469 e. The maximum atomic E-state index is 11.2. The van der Waals surface area contributed by atoms with E-state index in [0.717, 1.165) is 0 Å². The molecule has 5 heteroatoms. The fourth-order valence-electron chi connectivity index (χ4n) is 1.35. The van der Waals surface area contributed by atoms with E-state index < -0.39 is 6.29 Å². The number of carbonyl (C=O) groups excluding carboxylic acids is 1. The molecule has 0 N–H and O–H groups in total. The van der Waals surface area contributed by atoms with Crippen molar-refractivity contribution in [3.8, 4) is 0 Å². The van der Waals surface area contributed by atoms with Gasteiger partial charge in [-0.2, -0.15) is 0 Å². The van der Waals surface area contributed by atoms with Crippen LogP contribution in [0.25, 0.3) is 0 Å². The van der Waals surface area contributed by atoms with Gasteiger partial charge in [0.1, 0.15) is 5.92 Å². The number of ether oxygens (including phenoxy) is 4. The second-order valence-corrected chi connectivity index (χ2v) is 2.77. The zero-order valence-electron chi connectivity index (χ0n) is 7.98. The topological polar surface area (TPSA) is 54.0 Å². The van der Waals surface area contributed by atoms with E-state index in [1.54, 1.807) is 0 Å². The van der Waals surface area contributed by atoms with Gasteiger partial charge in [-0.1, -0.05) is 0 Å². The van der Waals surface area contributed by atoms with Gasteiger partial charge < -0.3 is 18.9 Å². The van der Waals surface area contributed by atoms with Gasteiger partial charge in [-0.05, 0) is 0 Å². The predicted octanol–water partition coefficient (Wildman–Crippen LogP) is 0.141. The first-order chi connectivity index (χ1) is 6.22. The highest BCUT2D eigenvalue weighted by Crippen LogP contribution is 2.28. The lowest BCUT2D eigenvalue weighted by Gasteiger charge is -2.13. The van der Waals surface area contributed by atoms with Gasteiger partial charge in [-0.3, -0.25) is 4.79 Å². The molecule has 0 saturated carbocycles. The molecule has 1 heterocycles. The van der Waals surface area contributed by atoms with Gasteiger partial charge in [0, 0.05) is 20.6 Å². The summed E-state index contributed by atoms with van der Waals surface area (Å²) in [5.74, 6) is -0.716. The highest BCUT2D eigenvalue weighted by molar-refractivity contribution is 5.73. The van der Waals surface area contributed by atoms with Crippen LogP contribution in [0, 0.1) is 5.92 Å². The van der Waals surface area contributed by atoms with Crippen molar-refractivity contribution in [2.75, 3.05) is 21.3 Å². The monoisotopic (exact) mass is 190 g/mol. The van der Waals surface area contributed by atoms with Crippen molar-refractivity contribution in [2.24, 2.45) is 5.92 Å². The Bertz CT molecular complexity index is 181. The van der Waals surface area contributed by atoms with Crippen LogP contribution in [0.15, 0.2) is 0 Å². The van der Waals surface area contributed by atoms with Crippen LogP contribution in [0.4, 0.5) is 0 Å². The van der Waals surface area contributed by atoms with E-state index in [4.69, 9.17) is 14.2 Å². The van der Waals surface area contributed by atoms with Crippen LogP contribution in [0.1, 0.15) is 6.42 Å². The number of rotatable bonds is 3. The third kappa shape index (κ3) is 2.18. The second-order valence-electron chi connectivity index (χ2n) is 2.77. The molecule has 0 radical (unpaired) electrons. The lowest BCUT2D eigenvalue weighted by atomic mass is 10.1. The molecule has 0 aromatic carbocycles. The van der Waals surface area contributed by atoms with Gasteiger partial charge in [-0.15, -0.1) is 0 Å². The van der Waals surface area contributed by atoms with E-state index >= 15 is 0 Å². The molecule has 0 spiro atoms. The Balaban J connectivity index is 2.57. The molecule has 0 amide bonds. The SMILES string of the molecule is COC(=O)[C@H]1C[C@H](OC)O[C@@H]1OC. The molecule has 1 fully saturated rings. The highest BCUT2D eigenvalue weighted by Gasteiger charge is 2.40. The summed E-state index contributed by atoms with van der Waals surface area (Å²) in [4.78, 5) is 11.2. The van der Waals surface area contributed by atoms with Crippen LogP contribution >= 0.6 is 0 Å². The molecule has 0 aromatic heterocycles. The van der Waals surface area contributed by atoms with Crippen LogP contribution < -0.4 is 0 Å². The Morgan fingerprint density at radius 2 is 2.00 bits per heavy atom. The average molecular weight is 190 g/mol. The zero-order chi connectivity index (χ0) is 9.84. The molecule has 1 aliphatic heterocycles. The van der Waals surface area contributed by atoms with E-state index in [1.807, 2.05) is 0 Å². The summed E-state index contributed by atoms with van der Waals surface area (Å²) < 4.78 is 19.8. The van der Waals surface area contributed by atoms with Gasteiger partial charge >= 0.3 is 5.97 Å². The number of esters is 1. The van der Waals surface area contributed by atoms with Gasteiger partial charge in [0.05, 0.1) is 7.11 Å². The summed E-state index contributed by atoms with van der Waals surface area (Å²) in [5, 5.41) is 0. The molecule has 1 aliphatic rings. The first kappa shape index (κ1) is 10.4. The van der Waals surface area contributed by atoms with Crippen molar-refractivity contribution in [1.29, 1.82) is 0 Å². The van der Waals surface area contributed by atoms with Crippen molar-refractivity contribution in [3.05, 3.63) is 0 Å². The van der Waals surface area contributed by atoms with Gasteiger partial charge in [-0.25, -0.2) is 0 Å². The lowest BCUT2D eigenvalue weighted by molar-refractivity contribution is -0.197. The first-order valence-corrected chi connectivity index (χ1v) is 4.01. The average Bonchev–Trinajstić information content (AvgIpc) is 2.59. The summed E-state index contributed by atoms with van der Waals surface area (Å²) in [5.41, 5.74) is 0. The summed E-state index contributed by atoms with van der Waals surface area (Å²) in [6, 6.07) is 0. The van der Waals surface area contributed by atoms with E-state index in [1.165, 1.54) is 21.3 Å². The molecule has 1 saturated heterocycles. The Labute approximate surface area is 76.9 Å². The minimum Gasteiger partial charge on any atom is -0.469 e. The fraction of sp³-hybridized carbons (Fsp3) is 0.875. The molecule has 13 heavy (non-hydrogen) atoms. The molecule has 1 rings (SSSR count). The Hall–Kier alpha value is -0.650.